The van der Waals surface area contributed by atoms with Crippen LogP contribution >= 0.6 is 15.9 Å². The van der Waals surface area contributed by atoms with Gasteiger partial charge in [0.25, 0.3) is 0 Å². The van der Waals surface area contributed by atoms with Gasteiger partial charge in [0.2, 0.25) is 0 Å². The number of halogens is 1. The fraction of sp³-hybridized carbons (Fsp3) is 0.643. The molecule has 1 aliphatic heterocycles. The van der Waals surface area contributed by atoms with E-state index in [2.05, 4.69) is 51.0 Å². The van der Waals surface area contributed by atoms with Crippen LogP contribution in [0.2, 0.25) is 0 Å². The summed E-state index contributed by atoms with van der Waals surface area (Å²) in [6.07, 6.45) is 1.85. The number of pyridine rings is 1. The van der Waals surface area contributed by atoms with E-state index < -0.39 is 0 Å². The average Bonchev–Trinajstić information content (AvgIpc) is 2.41. The van der Waals surface area contributed by atoms with Crippen LogP contribution in [0.25, 0.3) is 0 Å². The largest absolute Gasteiger partial charge is 0.379 e. The quantitative estimate of drug-likeness (QED) is 0.901. The molecule has 1 aromatic rings. The third-order valence-electron chi connectivity index (χ3n) is 3.35. The van der Waals surface area contributed by atoms with Crippen molar-refractivity contribution in [1.29, 1.82) is 0 Å². The van der Waals surface area contributed by atoms with Crippen molar-refractivity contribution in [3.63, 3.8) is 0 Å². The molecule has 1 saturated heterocycles. The van der Waals surface area contributed by atoms with Crippen molar-refractivity contribution in [2.24, 2.45) is 5.92 Å². The minimum absolute atomic E-state index is 0.601. The lowest BCUT2D eigenvalue weighted by molar-refractivity contribution is 0.0325. The molecule has 5 heteroatoms. The summed E-state index contributed by atoms with van der Waals surface area (Å²) in [5, 5.41) is 3.41. The maximum Gasteiger partial charge on any atom is 0.126 e. The summed E-state index contributed by atoms with van der Waals surface area (Å²) >= 11 is 3.47. The second kappa shape index (κ2) is 7.22. The smallest absolute Gasteiger partial charge is 0.126 e. The van der Waals surface area contributed by atoms with Crippen LogP contribution in [0, 0.1) is 12.8 Å². The first-order chi connectivity index (χ1) is 9.15. The SMILES string of the molecule is Cc1cc(NCC(C)CN2CCOCC2)ncc1Br. The van der Waals surface area contributed by atoms with Gasteiger partial charge in [-0.2, -0.15) is 0 Å². The van der Waals surface area contributed by atoms with Crippen LogP contribution in [0.3, 0.4) is 0 Å². The molecule has 1 fully saturated rings. The maximum atomic E-state index is 5.36. The van der Waals surface area contributed by atoms with Gasteiger partial charge < -0.3 is 10.1 Å². The number of aryl methyl sites for hydroxylation is 1. The molecule has 1 atom stereocenters. The second-order valence-electron chi connectivity index (χ2n) is 5.22. The van der Waals surface area contributed by atoms with Gasteiger partial charge in [-0.3, -0.25) is 4.90 Å². The normalized spacial score (nSPS) is 18.3. The summed E-state index contributed by atoms with van der Waals surface area (Å²) in [6, 6.07) is 2.07. The number of rotatable bonds is 5. The van der Waals surface area contributed by atoms with Crippen LogP contribution in [0.4, 0.5) is 5.82 Å². The zero-order chi connectivity index (χ0) is 13.7. The Hall–Kier alpha value is -0.650. The lowest BCUT2D eigenvalue weighted by Crippen LogP contribution is -2.40. The van der Waals surface area contributed by atoms with Crippen LogP contribution in [-0.4, -0.2) is 49.3 Å². The molecule has 0 amide bonds. The van der Waals surface area contributed by atoms with Crippen molar-refractivity contribution in [2.75, 3.05) is 44.7 Å². The molecule has 1 aromatic heterocycles. The minimum Gasteiger partial charge on any atom is -0.379 e. The molecule has 2 rings (SSSR count). The Morgan fingerprint density at radius 1 is 1.47 bits per heavy atom. The highest BCUT2D eigenvalue weighted by atomic mass is 79.9. The zero-order valence-corrected chi connectivity index (χ0v) is 13.2. The first-order valence-corrected chi connectivity index (χ1v) is 7.60. The number of nitrogens with one attached hydrogen (secondary N) is 1. The van der Waals surface area contributed by atoms with Crippen LogP contribution < -0.4 is 5.32 Å². The van der Waals surface area contributed by atoms with Crippen LogP contribution in [0.1, 0.15) is 12.5 Å². The highest BCUT2D eigenvalue weighted by Crippen LogP contribution is 2.17. The molecule has 0 aromatic carbocycles. The van der Waals surface area contributed by atoms with Crippen molar-refractivity contribution in [3.05, 3.63) is 22.3 Å². The number of nitrogens with zero attached hydrogens (tertiary/aromatic N) is 2. The van der Waals surface area contributed by atoms with E-state index >= 15 is 0 Å². The van der Waals surface area contributed by atoms with E-state index in [0.29, 0.717) is 5.92 Å². The van der Waals surface area contributed by atoms with E-state index in [1.165, 1.54) is 5.56 Å². The summed E-state index contributed by atoms with van der Waals surface area (Å²) in [5.74, 6) is 1.55. The zero-order valence-electron chi connectivity index (χ0n) is 11.7. The monoisotopic (exact) mass is 327 g/mol. The molecule has 0 aliphatic carbocycles. The Labute approximate surface area is 123 Å². The summed E-state index contributed by atoms with van der Waals surface area (Å²) in [6.45, 7) is 10.3. The van der Waals surface area contributed by atoms with Gasteiger partial charge in [0.05, 0.1) is 13.2 Å². The third-order valence-corrected chi connectivity index (χ3v) is 4.18. The van der Waals surface area contributed by atoms with Crippen molar-refractivity contribution in [3.8, 4) is 0 Å². The Bertz CT molecular complexity index is 408. The van der Waals surface area contributed by atoms with Gasteiger partial charge in [0.1, 0.15) is 5.82 Å². The second-order valence-corrected chi connectivity index (χ2v) is 6.07. The first-order valence-electron chi connectivity index (χ1n) is 6.81. The lowest BCUT2D eigenvalue weighted by Gasteiger charge is -2.29. The molecule has 1 aliphatic rings. The number of hydrogen-bond donors (Lipinski definition) is 1. The predicted molar refractivity (Wildman–Crippen MR) is 81.6 cm³/mol. The van der Waals surface area contributed by atoms with Crippen molar-refractivity contribution < 1.29 is 4.74 Å². The minimum atomic E-state index is 0.601. The maximum absolute atomic E-state index is 5.36. The molecule has 19 heavy (non-hydrogen) atoms. The van der Waals surface area contributed by atoms with Crippen LogP contribution in [0.15, 0.2) is 16.7 Å². The molecule has 4 nitrogen and oxygen atoms in total. The summed E-state index contributed by atoms with van der Waals surface area (Å²) in [7, 11) is 0. The Morgan fingerprint density at radius 3 is 2.89 bits per heavy atom. The Balaban J connectivity index is 1.75. The summed E-state index contributed by atoms with van der Waals surface area (Å²) < 4.78 is 6.42. The number of ether oxygens (including phenoxy) is 1. The predicted octanol–water partition coefficient (Wildman–Crippen LogP) is 2.53. The average molecular weight is 328 g/mol. The van der Waals surface area contributed by atoms with Crippen LogP contribution in [-0.2, 0) is 4.74 Å². The summed E-state index contributed by atoms with van der Waals surface area (Å²) in [4.78, 5) is 6.83. The third kappa shape index (κ3) is 4.75. The molecule has 1 N–H and O–H groups in total. The molecular weight excluding hydrogens is 306 g/mol. The van der Waals surface area contributed by atoms with E-state index in [1.54, 1.807) is 0 Å². The van der Waals surface area contributed by atoms with Gasteiger partial charge in [0, 0.05) is 36.8 Å². The van der Waals surface area contributed by atoms with Gasteiger partial charge in [-0.15, -0.1) is 0 Å². The molecule has 0 spiro atoms. The number of anilines is 1. The topological polar surface area (TPSA) is 37.4 Å². The number of hydrogen-bond acceptors (Lipinski definition) is 4. The van der Waals surface area contributed by atoms with E-state index in [1.807, 2.05) is 6.20 Å². The Kier molecular flexibility index (Phi) is 5.60. The fourth-order valence-corrected chi connectivity index (χ4v) is 2.42. The summed E-state index contributed by atoms with van der Waals surface area (Å²) in [5.41, 5.74) is 1.21. The van der Waals surface area contributed by atoms with E-state index in [0.717, 1.165) is 49.7 Å². The van der Waals surface area contributed by atoms with Crippen molar-refractivity contribution in [2.45, 2.75) is 13.8 Å². The van der Waals surface area contributed by atoms with E-state index in [9.17, 15) is 0 Å². The molecule has 0 saturated carbocycles. The number of morpholine rings is 1. The highest BCUT2D eigenvalue weighted by molar-refractivity contribution is 9.10. The molecule has 2 heterocycles. The van der Waals surface area contributed by atoms with Crippen molar-refractivity contribution >= 4 is 21.7 Å². The number of aromatic nitrogens is 1. The van der Waals surface area contributed by atoms with Gasteiger partial charge in [-0.1, -0.05) is 6.92 Å². The van der Waals surface area contributed by atoms with Crippen molar-refractivity contribution in [1.82, 2.24) is 9.88 Å². The van der Waals surface area contributed by atoms with E-state index in [-0.39, 0.29) is 0 Å². The first kappa shape index (κ1) is 14.8. The lowest BCUT2D eigenvalue weighted by atomic mass is 10.1. The molecule has 106 valence electrons. The fourth-order valence-electron chi connectivity index (χ4n) is 2.20. The van der Waals surface area contributed by atoms with Gasteiger partial charge in [-0.25, -0.2) is 4.98 Å². The van der Waals surface area contributed by atoms with E-state index in [4.69, 9.17) is 4.74 Å². The molecule has 0 radical (unpaired) electrons. The Morgan fingerprint density at radius 2 is 2.21 bits per heavy atom. The molecule has 1 unspecified atom stereocenters. The standard InChI is InChI=1S/C14H22BrN3O/c1-11(10-18-3-5-19-6-4-18)8-16-14-7-12(2)13(15)9-17-14/h7,9,11H,3-6,8,10H2,1-2H3,(H,16,17). The van der Waals surface area contributed by atoms with Gasteiger partial charge in [0.15, 0.2) is 0 Å². The molecular formula is C14H22BrN3O. The van der Waals surface area contributed by atoms with Gasteiger partial charge >= 0.3 is 0 Å². The van der Waals surface area contributed by atoms with Gasteiger partial charge in [-0.05, 0) is 40.4 Å². The van der Waals surface area contributed by atoms with Crippen LogP contribution in [0.5, 0.6) is 0 Å². The molecule has 0 bridgehead atoms. The highest BCUT2D eigenvalue weighted by Gasteiger charge is 2.13.